The summed E-state index contributed by atoms with van der Waals surface area (Å²) in [5.41, 5.74) is 0. The van der Waals surface area contributed by atoms with Gasteiger partial charge in [-0.05, 0) is 26.2 Å². The van der Waals surface area contributed by atoms with Crippen molar-refractivity contribution in [2.75, 3.05) is 18.8 Å². The Bertz CT molecular complexity index is 497. The van der Waals surface area contributed by atoms with Crippen molar-refractivity contribution in [1.29, 1.82) is 0 Å². The number of likely N-dealkylation sites (tertiary alicyclic amines) is 1. The molecule has 1 amide bonds. The van der Waals surface area contributed by atoms with Crippen LogP contribution in [0.3, 0.4) is 0 Å². The van der Waals surface area contributed by atoms with Gasteiger partial charge < -0.3 is 10.0 Å². The summed E-state index contributed by atoms with van der Waals surface area (Å²) in [5.74, 6) is -0.326. The number of rotatable bonds is 5. The first-order chi connectivity index (χ1) is 9.58. The molecule has 0 atom stereocenters. The first kappa shape index (κ1) is 14.8. The Balaban J connectivity index is 2.02. The molecule has 2 rings (SSSR count). The van der Waals surface area contributed by atoms with Gasteiger partial charge in [0.2, 0.25) is 5.91 Å². The van der Waals surface area contributed by atoms with Crippen LogP contribution in [0.5, 0.6) is 0 Å². The second-order valence-corrected chi connectivity index (χ2v) is 5.68. The Morgan fingerprint density at radius 1 is 1.25 bits per heavy atom. The van der Waals surface area contributed by atoms with Gasteiger partial charge in [-0.2, -0.15) is 0 Å². The molecule has 0 aromatic carbocycles. The maximum atomic E-state index is 12.2. The maximum absolute atomic E-state index is 12.2. The lowest BCUT2D eigenvalue weighted by Gasteiger charge is -2.27. The van der Waals surface area contributed by atoms with E-state index in [0.717, 1.165) is 37.7 Å². The number of nitrogens with zero attached hydrogens (tertiary/aromatic N) is 4. The lowest BCUT2D eigenvalue weighted by molar-refractivity contribution is -0.134. The number of piperidine rings is 1. The van der Waals surface area contributed by atoms with Gasteiger partial charge in [0, 0.05) is 13.1 Å². The molecule has 1 saturated heterocycles. The smallest absolute Gasteiger partial charge is 0.313 e. The fourth-order valence-corrected chi connectivity index (χ4v) is 2.86. The number of carbonyl (C=O) groups excluding carboxylic acids is 1. The molecule has 110 valence electrons. The number of aliphatic carboxylic acids is 1. The molecule has 0 radical (unpaired) electrons. The van der Waals surface area contributed by atoms with Gasteiger partial charge in [0.25, 0.3) is 0 Å². The fourth-order valence-electron chi connectivity index (χ4n) is 2.16. The average molecular weight is 298 g/mol. The van der Waals surface area contributed by atoms with Crippen LogP contribution in [-0.4, -0.2) is 55.5 Å². The normalized spacial score (nSPS) is 15.3. The molecule has 0 unspecified atom stereocenters. The molecule has 1 fully saturated rings. The molecule has 20 heavy (non-hydrogen) atoms. The van der Waals surface area contributed by atoms with Crippen molar-refractivity contribution in [3.63, 3.8) is 0 Å². The standard InChI is InChI=1S/C12H18N4O3S/c1-9-13-14-12(20-8-11(18)19)16(9)7-10(17)15-5-3-2-4-6-15/h2-8H2,1H3,(H,18,19). The van der Waals surface area contributed by atoms with Crippen LogP contribution in [0.1, 0.15) is 25.1 Å². The van der Waals surface area contributed by atoms with Crippen LogP contribution in [0.2, 0.25) is 0 Å². The van der Waals surface area contributed by atoms with Gasteiger partial charge in [-0.1, -0.05) is 11.8 Å². The quantitative estimate of drug-likeness (QED) is 0.808. The summed E-state index contributed by atoms with van der Waals surface area (Å²) in [7, 11) is 0. The van der Waals surface area contributed by atoms with Crippen LogP contribution >= 0.6 is 11.8 Å². The second-order valence-electron chi connectivity index (χ2n) is 4.74. The molecule has 0 saturated carbocycles. The Kier molecular flexibility index (Phi) is 4.99. The molecule has 2 heterocycles. The molecule has 1 N–H and O–H groups in total. The molecule has 1 aliphatic heterocycles. The highest BCUT2D eigenvalue weighted by Crippen LogP contribution is 2.17. The fraction of sp³-hybridized carbons (Fsp3) is 0.667. The number of thioether (sulfide) groups is 1. The van der Waals surface area contributed by atoms with Gasteiger partial charge >= 0.3 is 5.97 Å². The highest BCUT2D eigenvalue weighted by Gasteiger charge is 2.20. The molecule has 1 aliphatic rings. The minimum absolute atomic E-state index is 0.0461. The molecule has 7 nitrogen and oxygen atoms in total. The Labute approximate surface area is 121 Å². The molecular weight excluding hydrogens is 280 g/mol. The van der Waals surface area contributed by atoms with Crippen molar-refractivity contribution in [2.24, 2.45) is 0 Å². The largest absolute Gasteiger partial charge is 0.481 e. The summed E-state index contributed by atoms with van der Waals surface area (Å²) in [4.78, 5) is 24.7. The third-order valence-electron chi connectivity index (χ3n) is 3.23. The number of carbonyl (C=O) groups is 2. The van der Waals surface area contributed by atoms with E-state index in [0.29, 0.717) is 11.0 Å². The maximum Gasteiger partial charge on any atom is 0.313 e. The summed E-state index contributed by atoms with van der Waals surface area (Å²) < 4.78 is 1.69. The van der Waals surface area contributed by atoms with Gasteiger partial charge in [-0.3, -0.25) is 14.2 Å². The number of amides is 1. The predicted octanol–water partition coefficient (Wildman–Crippen LogP) is 0.776. The van der Waals surface area contributed by atoms with Gasteiger partial charge in [-0.25, -0.2) is 0 Å². The zero-order chi connectivity index (χ0) is 14.5. The Morgan fingerprint density at radius 3 is 2.60 bits per heavy atom. The van der Waals surface area contributed by atoms with Crippen molar-refractivity contribution in [2.45, 2.75) is 37.9 Å². The summed E-state index contributed by atoms with van der Waals surface area (Å²) in [5, 5.41) is 17.0. The van der Waals surface area contributed by atoms with E-state index in [9.17, 15) is 9.59 Å². The minimum Gasteiger partial charge on any atom is -0.481 e. The van der Waals surface area contributed by atoms with E-state index in [4.69, 9.17) is 5.11 Å². The highest BCUT2D eigenvalue weighted by atomic mass is 32.2. The lowest BCUT2D eigenvalue weighted by atomic mass is 10.1. The number of aryl methyl sites for hydroxylation is 1. The topological polar surface area (TPSA) is 88.3 Å². The van der Waals surface area contributed by atoms with Gasteiger partial charge in [0.05, 0.1) is 5.75 Å². The van der Waals surface area contributed by atoms with E-state index >= 15 is 0 Å². The van der Waals surface area contributed by atoms with E-state index < -0.39 is 5.97 Å². The third-order valence-corrected chi connectivity index (χ3v) is 4.18. The number of aromatic nitrogens is 3. The lowest BCUT2D eigenvalue weighted by Crippen LogP contribution is -2.38. The van der Waals surface area contributed by atoms with Crippen LogP contribution in [0.15, 0.2) is 5.16 Å². The van der Waals surface area contributed by atoms with Crippen LogP contribution in [-0.2, 0) is 16.1 Å². The van der Waals surface area contributed by atoms with Crippen molar-refractivity contribution in [3.8, 4) is 0 Å². The molecule has 1 aromatic rings. The number of hydrogen-bond donors (Lipinski definition) is 1. The average Bonchev–Trinajstić information content (AvgIpc) is 2.78. The van der Waals surface area contributed by atoms with Crippen molar-refractivity contribution in [1.82, 2.24) is 19.7 Å². The molecular formula is C12H18N4O3S. The van der Waals surface area contributed by atoms with Crippen LogP contribution in [0.25, 0.3) is 0 Å². The minimum atomic E-state index is -0.912. The zero-order valence-corrected chi connectivity index (χ0v) is 12.2. The van der Waals surface area contributed by atoms with Gasteiger partial charge in [-0.15, -0.1) is 10.2 Å². The van der Waals surface area contributed by atoms with Crippen LogP contribution < -0.4 is 0 Å². The number of hydrogen-bond acceptors (Lipinski definition) is 5. The summed E-state index contributed by atoms with van der Waals surface area (Å²) in [6, 6.07) is 0. The zero-order valence-electron chi connectivity index (χ0n) is 11.4. The van der Waals surface area contributed by atoms with Crippen molar-refractivity contribution >= 4 is 23.6 Å². The van der Waals surface area contributed by atoms with Crippen molar-refractivity contribution < 1.29 is 14.7 Å². The Hall–Kier alpha value is -1.57. The first-order valence-electron chi connectivity index (χ1n) is 6.60. The Morgan fingerprint density at radius 2 is 1.95 bits per heavy atom. The predicted molar refractivity (Wildman–Crippen MR) is 73.5 cm³/mol. The van der Waals surface area contributed by atoms with Gasteiger partial charge in [0.15, 0.2) is 5.16 Å². The molecule has 8 heteroatoms. The number of carboxylic acid groups (broad SMARTS) is 1. The van der Waals surface area contributed by atoms with Crippen LogP contribution in [0, 0.1) is 6.92 Å². The summed E-state index contributed by atoms with van der Waals surface area (Å²) >= 11 is 1.08. The summed E-state index contributed by atoms with van der Waals surface area (Å²) in [6.07, 6.45) is 3.27. The second kappa shape index (κ2) is 6.74. The van der Waals surface area contributed by atoms with E-state index in [-0.39, 0.29) is 18.2 Å². The summed E-state index contributed by atoms with van der Waals surface area (Å²) in [6.45, 7) is 3.55. The molecule has 0 bridgehead atoms. The molecule has 1 aromatic heterocycles. The molecule has 0 aliphatic carbocycles. The van der Waals surface area contributed by atoms with E-state index in [1.807, 2.05) is 4.90 Å². The number of carboxylic acids is 1. The first-order valence-corrected chi connectivity index (χ1v) is 7.58. The SMILES string of the molecule is Cc1nnc(SCC(=O)O)n1CC(=O)N1CCCCC1. The third kappa shape index (κ3) is 3.72. The highest BCUT2D eigenvalue weighted by molar-refractivity contribution is 7.99. The van der Waals surface area contributed by atoms with Crippen molar-refractivity contribution in [3.05, 3.63) is 5.82 Å². The van der Waals surface area contributed by atoms with E-state index in [2.05, 4.69) is 10.2 Å². The van der Waals surface area contributed by atoms with Crippen LogP contribution in [0.4, 0.5) is 0 Å². The monoisotopic (exact) mass is 298 g/mol. The van der Waals surface area contributed by atoms with E-state index in [1.165, 1.54) is 6.42 Å². The van der Waals surface area contributed by atoms with E-state index in [1.54, 1.807) is 11.5 Å². The molecule has 0 spiro atoms. The van der Waals surface area contributed by atoms with Gasteiger partial charge in [0.1, 0.15) is 12.4 Å².